The number of carbonyl (C=O) groups excluding carboxylic acids is 2. The van der Waals surface area contributed by atoms with Crippen molar-refractivity contribution < 1.29 is 9.59 Å². The van der Waals surface area contributed by atoms with Crippen LogP contribution in [0.3, 0.4) is 0 Å². The molecule has 118 valence electrons. The van der Waals surface area contributed by atoms with Gasteiger partial charge in [-0.05, 0) is 23.3 Å². The Hall–Kier alpha value is -3.60. The van der Waals surface area contributed by atoms with Crippen LogP contribution in [0.25, 0.3) is 22.0 Å². The van der Waals surface area contributed by atoms with Gasteiger partial charge >= 0.3 is 0 Å². The Balaban J connectivity index is 1.86. The van der Waals surface area contributed by atoms with Crippen molar-refractivity contribution in [2.75, 3.05) is 0 Å². The van der Waals surface area contributed by atoms with Gasteiger partial charge in [-0.1, -0.05) is 36.4 Å². The molecule has 2 aromatic heterocycles. The van der Waals surface area contributed by atoms with Crippen LogP contribution in [-0.4, -0.2) is 26.2 Å². The molecule has 0 amide bonds. The van der Waals surface area contributed by atoms with Crippen LogP contribution in [0.2, 0.25) is 0 Å². The van der Waals surface area contributed by atoms with Crippen LogP contribution in [0.5, 0.6) is 0 Å². The average molecular weight is 325 g/mol. The molecule has 0 saturated heterocycles. The number of hydrogen-bond acceptors (Lipinski definition) is 4. The van der Waals surface area contributed by atoms with Crippen molar-refractivity contribution in [3.8, 4) is 11.1 Å². The highest BCUT2D eigenvalue weighted by atomic mass is 16.2. The molecule has 0 spiro atoms. The van der Waals surface area contributed by atoms with Crippen LogP contribution in [-0.2, 0) is 0 Å². The van der Waals surface area contributed by atoms with Gasteiger partial charge < -0.3 is 0 Å². The Morgan fingerprint density at radius 1 is 0.920 bits per heavy atom. The first kappa shape index (κ1) is 13.8. The van der Waals surface area contributed by atoms with Crippen LogP contribution in [0.15, 0.2) is 67.3 Å². The van der Waals surface area contributed by atoms with Crippen molar-refractivity contribution in [2.24, 2.45) is 0 Å². The summed E-state index contributed by atoms with van der Waals surface area (Å²) in [7, 11) is 0. The summed E-state index contributed by atoms with van der Waals surface area (Å²) in [5.41, 5.74) is 3.93. The minimum Gasteiger partial charge on any atom is -0.289 e. The smallest absolute Gasteiger partial charge is 0.281 e. The maximum absolute atomic E-state index is 12.8. The fourth-order valence-electron chi connectivity index (χ4n) is 3.37. The highest BCUT2D eigenvalue weighted by molar-refractivity contribution is 6.25. The molecular formula is C20H11N3O2. The monoisotopic (exact) mass is 325 g/mol. The van der Waals surface area contributed by atoms with Gasteiger partial charge in [0.25, 0.3) is 5.91 Å². The van der Waals surface area contributed by atoms with Gasteiger partial charge in [-0.15, -0.1) is 0 Å². The zero-order chi connectivity index (χ0) is 17.0. The molecule has 0 radical (unpaired) electrons. The summed E-state index contributed by atoms with van der Waals surface area (Å²) in [5, 5.41) is 0.799. The number of fused-ring (bicyclic) bond motifs is 2. The quantitative estimate of drug-likeness (QED) is 0.474. The molecule has 4 aromatic rings. The number of nitrogens with zero attached hydrogens (tertiary/aromatic N) is 3. The second-order valence-corrected chi connectivity index (χ2v) is 5.90. The molecule has 0 saturated carbocycles. The fourth-order valence-corrected chi connectivity index (χ4v) is 3.37. The van der Waals surface area contributed by atoms with E-state index in [2.05, 4.69) is 9.97 Å². The SMILES string of the molecule is O=C1c2ccccc2-c2cc(C(=O)n3ccnc3)nc3cccc1c23. The van der Waals surface area contributed by atoms with Gasteiger partial charge in [0.05, 0.1) is 5.52 Å². The molecule has 5 rings (SSSR count). The molecule has 5 heteroatoms. The summed E-state index contributed by atoms with van der Waals surface area (Å²) in [6.45, 7) is 0. The predicted octanol–water partition coefficient (Wildman–Crippen LogP) is 3.33. The average Bonchev–Trinajstić information content (AvgIpc) is 3.19. The molecule has 0 aliphatic heterocycles. The van der Waals surface area contributed by atoms with E-state index in [-0.39, 0.29) is 11.7 Å². The van der Waals surface area contributed by atoms with Crippen molar-refractivity contribution in [3.05, 3.63) is 84.1 Å². The van der Waals surface area contributed by atoms with E-state index in [1.54, 1.807) is 24.5 Å². The van der Waals surface area contributed by atoms with Crippen molar-refractivity contribution in [2.45, 2.75) is 0 Å². The molecule has 0 unspecified atom stereocenters. The third kappa shape index (κ3) is 1.89. The second kappa shape index (κ2) is 4.95. The van der Waals surface area contributed by atoms with Gasteiger partial charge in [0.15, 0.2) is 5.78 Å². The van der Waals surface area contributed by atoms with E-state index in [0.717, 1.165) is 16.5 Å². The normalized spacial score (nSPS) is 12.2. The summed E-state index contributed by atoms with van der Waals surface area (Å²) >= 11 is 0. The molecule has 0 atom stereocenters. The third-order valence-electron chi connectivity index (χ3n) is 4.50. The number of carbonyl (C=O) groups is 2. The van der Waals surface area contributed by atoms with E-state index in [9.17, 15) is 9.59 Å². The van der Waals surface area contributed by atoms with E-state index in [4.69, 9.17) is 0 Å². The highest BCUT2D eigenvalue weighted by Gasteiger charge is 2.26. The third-order valence-corrected chi connectivity index (χ3v) is 4.50. The lowest BCUT2D eigenvalue weighted by Crippen LogP contribution is -2.15. The molecule has 25 heavy (non-hydrogen) atoms. The molecule has 5 nitrogen and oxygen atoms in total. The molecule has 2 heterocycles. The van der Waals surface area contributed by atoms with Crippen LogP contribution < -0.4 is 0 Å². The largest absolute Gasteiger partial charge is 0.289 e. The molecule has 0 N–H and O–H groups in total. The summed E-state index contributed by atoms with van der Waals surface area (Å²) in [6.07, 6.45) is 4.59. The number of rotatable bonds is 1. The summed E-state index contributed by atoms with van der Waals surface area (Å²) < 4.78 is 1.39. The van der Waals surface area contributed by atoms with E-state index in [1.165, 1.54) is 10.9 Å². The van der Waals surface area contributed by atoms with E-state index in [1.807, 2.05) is 36.4 Å². The van der Waals surface area contributed by atoms with Crippen LogP contribution in [0.4, 0.5) is 0 Å². The van der Waals surface area contributed by atoms with Crippen LogP contribution in [0.1, 0.15) is 26.4 Å². The second-order valence-electron chi connectivity index (χ2n) is 5.90. The number of aromatic nitrogens is 3. The Morgan fingerprint density at radius 3 is 2.52 bits per heavy atom. The highest BCUT2D eigenvalue weighted by Crippen LogP contribution is 2.39. The van der Waals surface area contributed by atoms with Gasteiger partial charge in [0, 0.05) is 28.9 Å². The van der Waals surface area contributed by atoms with E-state index < -0.39 is 0 Å². The van der Waals surface area contributed by atoms with Crippen molar-refractivity contribution in [1.82, 2.24) is 14.5 Å². The van der Waals surface area contributed by atoms with E-state index >= 15 is 0 Å². The zero-order valence-electron chi connectivity index (χ0n) is 13.0. The summed E-state index contributed by atoms with van der Waals surface area (Å²) in [6, 6.07) is 14.7. The Labute approximate surface area is 142 Å². The molecule has 1 aliphatic carbocycles. The number of imidazole rings is 1. The maximum atomic E-state index is 12.8. The minimum absolute atomic E-state index is 0.0100. The summed E-state index contributed by atoms with van der Waals surface area (Å²) in [5.74, 6) is -0.264. The molecule has 1 aliphatic rings. The van der Waals surface area contributed by atoms with Gasteiger partial charge in [0.2, 0.25) is 0 Å². The summed E-state index contributed by atoms with van der Waals surface area (Å²) in [4.78, 5) is 33.9. The van der Waals surface area contributed by atoms with Gasteiger partial charge in [0.1, 0.15) is 12.0 Å². The van der Waals surface area contributed by atoms with Crippen molar-refractivity contribution >= 4 is 22.6 Å². The Morgan fingerprint density at radius 2 is 1.72 bits per heavy atom. The Bertz CT molecular complexity index is 1180. The number of pyridine rings is 1. The predicted molar refractivity (Wildman–Crippen MR) is 92.6 cm³/mol. The topological polar surface area (TPSA) is 64.8 Å². The lowest BCUT2D eigenvalue weighted by Gasteiger charge is -2.20. The van der Waals surface area contributed by atoms with Gasteiger partial charge in [-0.2, -0.15) is 0 Å². The minimum atomic E-state index is -0.254. The molecular weight excluding hydrogens is 314 g/mol. The number of hydrogen-bond donors (Lipinski definition) is 0. The van der Waals surface area contributed by atoms with Crippen molar-refractivity contribution in [1.29, 1.82) is 0 Å². The Kier molecular flexibility index (Phi) is 2.73. The molecule has 0 bridgehead atoms. The zero-order valence-corrected chi connectivity index (χ0v) is 13.0. The lowest BCUT2D eigenvalue weighted by molar-refractivity contribution is 0.0954. The first-order chi connectivity index (χ1) is 12.2. The first-order valence-corrected chi connectivity index (χ1v) is 7.84. The van der Waals surface area contributed by atoms with Crippen LogP contribution >= 0.6 is 0 Å². The number of ketones is 1. The van der Waals surface area contributed by atoms with Gasteiger partial charge in [-0.25, -0.2) is 9.97 Å². The number of benzene rings is 2. The fraction of sp³-hybridized carbons (Fsp3) is 0. The maximum Gasteiger partial charge on any atom is 0.281 e. The van der Waals surface area contributed by atoms with Gasteiger partial charge in [-0.3, -0.25) is 14.2 Å². The van der Waals surface area contributed by atoms with Crippen molar-refractivity contribution in [3.63, 3.8) is 0 Å². The molecule has 2 aromatic carbocycles. The van der Waals surface area contributed by atoms with Crippen LogP contribution in [0, 0.1) is 0 Å². The first-order valence-electron chi connectivity index (χ1n) is 7.84. The standard InChI is InChI=1S/C20H11N3O2/c24-19-13-5-2-1-4-12(13)15-10-17(20(25)23-9-8-21-11-23)22-16-7-3-6-14(19)18(15)16/h1-11H. The van der Waals surface area contributed by atoms with E-state index in [0.29, 0.717) is 22.3 Å². The molecule has 0 fully saturated rings. The lowest BCUT2D eigenvalue weighted by atomic mass is 9.84.